The first-order chi connectivity index (χ1) is 13.5. The van der Waals surface area contributed by atoms with Crippen molar-refractivity contribution in [2.24, 2.45) is 0 Å². The first kappa shape index (κ1) is 21.7. The molecule has 0 spiro atoms. The van der Waals surface area contributed by atoms with Crippen molar-refractivity contribution in [2.75, 3.05) is 19.5 Å². The molecule has 0 aromatic carbocycles. The van der Waals surface area contributed by atoms with E-state index < -0.39 is 0 Å². The van der Waals surface area contributed by atoms with E-state index >= 15 is 0 Å². The van der Waals surface area contributed by atoms with Gasteiger partial charge in [-0.05, 0) is 19.8 Å². The van der Waals surface area contributed by atoms with E-state index in [1.54, 1.807) is 26.4 Å². The highest BCUT2D eigenvalue weighted by atomic mass is 16.5. The lowest BCUT2D eigenvalue weighted by Gasteiger charge is -2.22. The fraction of sp³-hybridized carbons (Fsp3) is 0.571. The quantitative estimate of drug-likeness (QED) is 0.631. The van der Waals surface area contributed by atoms with E-state index in [1.807, 2.05) is 6.92 Å². The van der Waals surface area contributed by atoms with E-state index in [9.17, 15) is 4.79 Å². The second-order valence-electron chi connectivity index (χ2n) is 6.86. The third kappa shape index (κ3) is 4.46. The summed E-state index contributed by atoms with van der Waals surface area (Å²) in [5, 5.41) is 6.11. The Morgan fingerprint density at radius 3 is 2.46 bits per heavy atom. The van der Waals surface area contributed by atoms with Crippen LogP contribution in [0.3, 0.4) is 0 Å². The van der Waals surface area contributed by atoms with E-state index in [1.165, 1.54) is 0 Å². The van der Waals surface area contributed by atoms with Crippen LogP contribution in [-0.2, 0) is 6.42 Å². The molecule has 0 aliphatic heterocycles. The Hall–Kier alpha value is -2.57. The van der Waals surface area contributed by atoms with Crippen molar-refractivity contribution in [2.45, 2.75) is 65.8 Å². The Kier molecular flexibility index (Phi) is 7.84. The maximum Gasteiger partial charge on any atom is 0.271 e. The molecule has 7 nitrogen and oxygen atoms in total. The van der Waals surface area contributed by atoms with Crippen molar-refractivity contribution < 1.29 is 9.53 Å². The number of aromatic nitrogens is 3. The van der Waals surface area contributed by atoms with Crippen LogP contribution in [0.15, 0.2) is 12.3 Å². The zero-order valence-electron chi connectivity index (χ0n) is 17.9. The van der Waals surface area contributed by atoms with Gasteiger partial charge in [-0.15, -0.1) is 0 Å². The second-order valence-corrected chi connectivity index (χ2v) is 6.86. The number of hydrogen-bond acceptors (Lipinski definition) is 5. The fourth-order valence-corrected chi connectivity index (χ4v) is 3.60. The Bertz CT molecular complexity index is 794. The summed E-state index contributed by atoms with van der Waals surface area (Å²) in [4.78, 5) is 22.0. The molecule has 0 radical (unpaired) electrons. The largest absolute Gasteiger partial charge is 0.494 e. The Labute approximate surface area is 167 Å². The maximum atomic E-state index is 12.9. The zero-order chi connectivity index (χ0) is 20.7. The van der Waals surface area contributed by atoms with Crippen LogP contribution in [0.25, 0.3) is 0 Å². The third-order valence-corrected chi connectivity index (χ3v) is 4.92. The standard InChI is InChI=1S/C21H33N5O2/c1-7-10-15(11-8-2)26-17(9-3)24-20(19(26)21(27)22-5)25-18-14(4)23-13-12-16(18)28-6/h12-13,15,25H,7-11H2,1-6H3,(H,22,27). The molecule has 2 aromatic heterocycles. The van der Waals surface area contributed by atoms with Gasteiger partial charge in [0.15, 0.2) is 11.5 Å². The van der Waals surface area contributed by atoms with Crippen molar-refractivity contribution in [3.63, 3.8) is 0 Å². The van der Waals surface area contributed by atoms with Crippen molar-refractivity contribution in [3.05, 3.63) is 29.5 Å². The molecule has 0 unspecified atom stereocenters. The number of nitrogens with one attached hydrogen (secondary N) is 2. The highest BCUT2D eigenvalue weighted by Gasteiger charge is 2.27. The van der Waals surface area contributed by atoms with Crippen molar-refractivity contribution in [1.29, 1.82) is 0 Å². The minimum absolute atomic E-state index is 0.146. The van der Waals surface area contributed by atoms with Crippen LogP contribution in [-0.4, -0.2) is 34.6 Å². The molecular weight excluding hydrogens is 354 g/mol. The fourth-order valence-electron chi connectivity index (χ4n) is 3.60. The van der Waals surface area contributed by atoms with E-state index in [2.05, 4.69) is 41.0 Å². The van der Waals surface area contributed by atoms with Gasteiger partial charge in [0.05, 0.1) is 12.8 Å². The average Bonchev–Trinajstić information content (AvgIpc) is 3.06. The van der Waals surface area contributed by atoms with Crippen LogP contribution < -0.4 is 15.4 Å². The first-order valence-electron chi connectivity index (χ1n) is 10.1. The third-order valence-electron chi connectivity index (χ3n) is 4.92. The minimum Gasteiger partial charge on any atom is -0.494 e. The average molecular weight is 388 g/mol. The molecule has 0 fully saturated rings. The van der Waals surface area contributed by atoms with Gasteiger partial charge in [-0.3, -0.25) is 9.78 Å². The van der Waals surface area contributed by atoms with Gasteiger partial charge in [0.2, 0.25) is 0 Å². The lowest BCUT2D eigenvalue weighted by molar-refractivity contribution is 0.0951. The van der Waals surface area contributed by atoms with Gasteiger partial charge >= 0.3 is 0 Å². The molecule has 2 aromatic rings. The van der Waals surface area contributed by atoms with Crippen LogP contribution in [0.1, 0.15) is 74.5 Å². The molecule has 7 heteroatoms. The van der Waals surface area contributed by atoms with Gasteiger partial charge in [-0.2, -0.15) is 0 Å². The van der Waals surface area contributed by atoms with Crippen molar-refractivity contribution in [3.8, 4) is 5.75 Å². The van der Waals surface area contributed by atoms with E-state index in [0.717, 1.165) is 49.3 Å². The number of carbonyl (C=O) groups excluding carboxylic acids is 1. The van der Waals surface area contributed by atoms with Crippen LogP contribution in [0.5, 0.6) is 5.75 Å². The van der Waals surface area contributed by atoms with Gasteiger partial charge < -0.3 is 19.9 Å². The summed E-state index contributed by atoms with van der Waals surface area (Å²) in [5.41, 5.74) is 2.08. The molecule has 0 saturated heterocycles. The first-order valence-corrected chi connectivity index (χ1v) is 10.1. The van der Waals surface area contributed by atoms with E-state index in [-0.39, 0.29) is 11.9 Å². The SMILES string of the molecule is CCCC(CCC)n1c(CC)nc(Nc2c(OC)ccnc2C)c1C(=O)NC. The number of ether oxygens (including phenoxy) is 1. The summed E-state index contributed by atoms with van der Waals surface area (Å²) in [6.07, 6.45) is 6.58. The molecule has 2 rings (SSSR count). The highest BCUT2D eigenvalue weighted by molar-refractivity contribution is 5.98. The molecule has 1 amide bonds. The molecule has 28 heavy (non-hydrogen) atoms. The lowest BCUT2D eigenvalue weighted by atomic mass is 10.1. The molecule has 0 saturated carbocycles. The predicted octanol–water partition coefficient (Wildman–Crippen LogP) is 4.40. The topological polar surface area (TPSA) is 81.1 Å². The number of rotatable bonds is 10. The number of methoxy groups -OCH3 is 1. The summed E-state index contributed by atoms with van der Waals surface area (Å²) in [5.74, 6) is 1.98. The molecule has 0 bridgehead atoms. The molecule has 0 aliphatic carbocycles. The van der Waals surface area contributed by atoms with Crippen LogP contribution in [0.2, 0.25) is 0 Å². The predicted molar refractivity (Wildman–Crippen MR) is 113 cm³/mol. The summed E-state index contributed by atoms with van der Waals surface area (Å²) in [6.45, 7) is 8.32. The summed E-state index contributed by atoms with van der Waals surface area (Å²) >= 11 is 0. The smallest absolute Gasteiger partial charge is 0.271 e. The Balaban J connectivity index is 2.63. The van der Waals surface area contributed by atoms with Crippen LogP contribution in [0.4, 0.5) is 11.5 Å². The second kappa shape index (κ2) is 10.1. The number of carbonyl (C=O) groups is 1. The molecule has 0 aliphatic rings. The molecule has 2 N–H and O–H groups in total. The van der Waals surface area contributed by atoms with Crippen molar-refractivity contribution >= 4 is 17.4 Å². The number of imidazole rings is 1. The van der Waals surface area contributed by atoms with Gasteiger partial charge in [0, 0.05) is 31.8 Å². The van der Waals surface area contributed by atoms with E-state index in [4.69, 9.17) is 9.72 Å². The molecule has 154 valence electrons. The zero-order valence-corrected chi connectivity index (χ0v) is 17.9. The number of anilines is 2. The molecule has 0 atom stereocenters. The van der Waals surface area contributed by atoms with Gasteiger partial charge in [0.1, 0.15) is 17.3 Å². The Morgan fingerprint density at radius 2 is 1.93 bits per heavy atom. The van der Waals surface area contributed by atoms with Gasteiger partial charge in [-0.25, -0.2) is 4.98 Å². The van der Waals surface area contributed by atoms with E-state index in [0.29, 0.717) is 17.3 Å². The van der Waals surface area contributed by atoms with Gasteiger partial charge in [0.25, 0.3) is 5.91 Å². The Morgan fingerprint density at radius 1 is 1.25 bits per heavy atom. The van der Waals surface area contributed by atoms with Gasteiger partial charge in [-0.1, -0.05) is 33.6 Å². The molecular formula is C21H33N5O2. The minimum atomic E-state index is -0.146. The lowest BCUT2D eigenvalue weighted by Crippen LogP contribution is -2.25. The maximum absolute atomic E-state index is 12.9. The number of aryl methyl sites for hydroxylation is 2. The number of hydrogen-bond donors (Lipinski definition) is 2. The summed E-state index contributed by atoms with van der Waals surface area (Å²) < 4.78 is 7.61. The number of pyridine rings is 1. The monoisotopic (exact) mass is 387 g/mol. The van der Waals surface area contributed by atoms with Crippen LogP contribution >= 0.6 is 0 Å². The van der Waals surface area contributed by atoms with Crippen LogP contribution in [0, 0.1) is 6.92 Å². The normalized spacial score (nSPS) is 11.0. The number of amides is 1. The summed E-state index contributed by atoms with van der Waals surface area (Å²) in [7, 11) is 3.27. The van der Waals surface area contributed by atoms with Crippen molar-refractivity contribution in [1.82, 2.24) is 19.9 Å². The number of nitrogens with zero attached hydrogens (tertiary/aromatic N) is 3. The molecule has 2 heterocycles. The summed E-state index contributed by atoms with van der Waals surface area (Å²) in [6, 6.07) is 2.04. The highest BCUT2D eigenvalue weighted by Crippen LogP contribution is 2.34.